The third-order valence-electron chi connectivity index (χ3n) is 4.00. The number of hydrogen-bond donors (Lipinski definition) is 1. The predicted molar refractivity (Wildman–Crippen MR) is 79.0 cm³/mol. The SMILES string of the molecule is CN1CCN(C)C(Cc2noc(-c3ccccc3O)n2)C1. The molecule has 1 aromatic carbocycles. The molecule has 1 atom stereocenters. The Labute approximate surface area is 124 Å². The molecule has 1 aliphatic rings. The maximum atomic E-state index is 9.83. The third-order valence-corrected chi connectivity index (χ3v) is 4.00. The molecule has 1 saturated heterocycles. The van der Waals surface area contributed by atoms with Crippen molar-refractivity contribution >= 4 is 0 Å². The zero-order valence-corrected chi connectivity index (χ0v) is 12.4. The van der Waals surface area contributed by atoms with Gasteiger partial charge >= 0.3 is 0 Å². The minimum atomic E-state index is 0.155. The minimum Gasteiger partial charge on any atom is -0.507 e. The van der Waals surface area contributed by atoms with Crippen LogP contribution in [0.4, 0.5) is 0 Å². The molecule has 112 valence electrons. The molecule has 0 saturated carbocycles. The first-order valence-corrected chi connectivity index (χ1v) is 7.13. The van der Waals surface area contributed by atoms with Gasteiger partial charge in [-0.3, -0.25) is 0 Å². The number of hydrogen-bond acceptors (Lipinski definition) is 6. The van der Waals surface area contributed by atoms with Crippen LogP contribution in [0.25, 0.3) is 11.5 Å². The summed E-state index contributed by atoms with van der Waals surface area (Å²) in [5, 5.41) is 13.9. The average molecular weight is 288 g/mol. The number of phenols is 1. The Morgan fingerprint density at radius 2 is 2.10 bits per heavy atom. The molecule has 2 aromatic rings. The van der Waals surface area contributed by atoms with E-state index in [1.807, 2.05) is 6.07 Å². The number of piperazine rings is 1. The number of aromatic nitrogens is 2. The van der Waals surface area contributed by atoms with E-state index in [1.165, 1.54) is 0 Å². The summed E-state index contributed by atoms with van der Waals surface area (Å²) < 4.78 is 5.28. The Kier molecular flexibility index (Phi) is 3.90. The molecule has 0 aliphatic carbocycles. The number of benzene rings is 1. The van der Waals surface area contributed by atoms with E-state index in [1.54, 1.807) is 18.2 Å². The van der Waals surface area contributed by atoms with Crippen LogP contribution in [0.3, 0.4) is 0 Å². The second-order valence-electron chi connectivity index (χ2n) is 5.63. The van der Waals surface area contributed by atoms with E-state index < -0.39 is 0 Å². The Morgan fingerprint density at radius 3 is 2.90 bits per heavy atom. The highest BCUT2D eigenvalue weighted by molar-refractivity contribution is 5.61. The molecule has 1 unspecified atom stereocenters. The summed E-state index contributed by atoms with van der Waals surface area (Å²) in [7, 11) is 4.26. The molecule has 1 aromatic heterocycles. The van der Waals surface area contributed by atoms with Crippen molar-refractivity contribution in [2.75, 3.05) is 33.7 Å². The van der Waals surface area contributed by atoms with Crippen LogP contribution >= 0.6 is 0 Å². The van der Waals surface area contributed by atoms with Crippen LogP contribution in [0.2, 0.25) is 0 Å². The molecule has 6 heteroatoms. The zero-order valence-electron chi connectivity index (χ0n) is 12.4. The number of rotatable bonds is 3. The summed E-state index contributed by atoms with van der Waals surface area (Å²) in [6, 6.07) is 7.38. The molecule has 3 rings (SSSR count). The number of para-hydroxylation sites is 1. The molecular weight excluding hydrogens is 268 g/mol. The highest BCUT2D eigenvalue weighted by atomic mass is 16.5. The van der Waals surface area contributed by atoms with Crippen LogP contribution in [0.1, 0.15) is 5.82 Å². The van der Waals surface area contributed by atoms with Crippen molar-refractivity contribution in [3.05, 3.63) is 30.1 Å². The maximum absolute atomic E-state index is 9.83. The molecule has 6 nitrogen and oxygen atoms in total. The predicted octanol–water partition coefficient (Wildman–Crippen LogP) is 1.23. The first kappa shape index (κ1) is 14.0. The first-order valence-electron chi connectivity index (χ1n) is 7.13. The molecule has 1 aliphatic heterocycles. The van der Waals surface area contributed by atoms with E-state index in [0.29, 0.717) is 23.3 Å². The van der Waals surface area contributed by atoms with Gasteiger partial charge in [-0.2, -0.15) is 4.98 Å². The normalized spacial score (nSPS) is 20.8. The van der Waals surface area contributed by atoms with Crippen molar-refractivity contribution in [1.29, 1.82) is 0 Å². The lowest BCUT2D eigenvalue weighted by Gasteiger charge is -2.37. The fourth-order valence-corrected chi connectivity index (χ4v) is 2.63. The fraction of sp³-hybridized carbons (Fsp3) is 0.467. The summed E-state index contributed by atoms with van der Waals surface area (Å²) in [6.45, 7) is 3.13. The summed E-state index contributed by atoms with van der Waals surface area (Å²) >= 11 is 0. The molecule has 1 N–H and O–H groups in total. The van der Waals surface area contributed by atoms with E-state index in [4.69, 9.17) is 4.52 Å². The first-order chi connectivity index (χ1) is 10.1. The Bertz CT molecular complexity index is 613. The summed E-state index contributed by atoms with van der Waals surface area (Å²) in [6.07, 6.45) is 0.748. The van der Waals surface area contributed by atoms with Crippen molar-refractivity contribution in [2.24, 2.45) is 0 Å². The topological polar surface area (TPSA) is 65.6 Å². The molecule has 2 heterocycles. The Morgan fingerprint density at radius 1 is 1.29 bits per heavy atom. The molecule has 1 fully saturated rings. The molecular formula is C15H20N4O2. The summed E-state index contributed by atoms with van der Waals surface area (Å²) in [5.74, 6) is 1.21. The van der Waals surface area contributed by atoms with Crippen LogP contribution < -0.4 is 0 Å². The van der Waals surface area contributed by atoms with Gasteiger partial charge in [-0.25, -0.2) is 0 Å². The van der Waals surface area contributed by atoms with Crippen LogP contribution in [0.5, 0.6) is 5.75 Å². The van der Waals surface area contributed by atoms with Gasteiger partial charge in [0.25, 0.3) is 5.89 Å². The van der Waals surface area contributed by atoms with E-state index in [2.05, 4.69) is 34.0 Å². The number of likely N-dealkylation sites (N-methyl/N-ethyl adjacent to an activating group) is 2. The number of aromatic hydroxyl groups is 1. The van der Waals surface area contributed by atoms with E-state index >= 15 is 0 Å². The highest BCUT2D eigenvalue weighted by Crippen LogP contribution is 2.27. The lowest BCUT2D eigenvalue weighted by atomic mass is 10.1. The second-order valence-corrected chi connectivity index (χ2v) is 5.63. The van der Waals surface area contributed by atoms with E-state index in [0.717, 1.165) is 26.1 Å². The summed E-state index contributed by atoms with van der Waals surface area (Å²) in [4.78, 5) is 9.06. The maximum Gasteiger partial charge on any atom is 0.261 e. The van der Waals surface area contributed by atoms with Gasteiger partial charge in [-0.05, 0) is 26.2 Å². The van der Waals surface area contributed by atoms with Crippen LogP contribution in [0, 0.1) is 0 Å². The van der Waals surface area contributed by atoms with Gasteiger partial charge in [0, 0.05) is 32.1 Å². The lowest BCUT2D eigenvalue weighted by Crippen LogP contribution is -2.50. The highest BCUT2D eigenvalue weighted by Gasteiger charge is 2.24. The van der Waals surface area contributed by atoms with Gasteiger partial charge in [0.15, 0.2) is 5.82 Å². The minimum absolute atomic E-state index is 0.155. The van der Waals surface area contributed by atoms with Gasteiger partial charge < -0.3 is 19.4 Å². The van der Waals surface area contributed by atoms with Gasteiger partial charge in [0.2, 0.25) is 0 Å². The summed E-state index contributed by atoms with van der Waals surface area (Å²) in [5.41, 5.74) is 0.574. The third kappa shape index (κ3) is 3.06. The van der Waals surface area contributed by atoms with Crippen LogP contribution in [-0.4, -0.2) is 64.8 Å². The van der Waals surface area contributed by atoms with Crippen molar-refractivity contribution in [1.82, 2.24) is 19.9 Å². The van der Waals surface area contributed by atoms with Crippen molar-refractivity contribution in [2.45, 2.75) is 12.5 Å². The molecule has 0 radical (unpaired) electrons. The molecule has 0 bridgehead atoms. The van der Waals surface area contributed by atoms with Gasteiger partial charge in [-0.15, -0.1) is 0 Å². The molecule has 0 amide bonds. The van der Waals surface area contributed by atoms with Crippen molar-refractivity contribution in [3.63, 3.8) is 0 Å². The number of nitrogens with zero attached hydrogens (tertiary/aromatic N) is 4. The Balaban J connectivity index is 1.75. The van der Waals surface area contributed by atoms with Gasteiger partial charge in [0.1, 0.15) is 5.75 Å². The van der Waals surface area contributed by atoms with Crippen LogP contribution in [0.15, 0.2) is 28.8 Å². The average Bonchev–Trinajstić information content (AvgIpc) is 2.92. The van der Waals surface area contributed by atoms with Crippen molar-refractivity contribution in [3.8, 4) is 17.2 Å². The molecule has 0 spiro atoms. The fourth-order valence-electron chi connectivity index (χ4n) is 2.63. The second kappa shape index (κ2) is 5.83. The molecule has 21 heavy (non-hydrogen) atoms. The van der Waals surface area contributed by atoms with Gasteiger partial charge in [0.05, 0.1) is 5.56 Å². The van der Waals surface area contributed by atoms with Crippen LogP contribution in [-0.2, 0) is 6.42 Å². The van der Waals surface area contributed by atoms with E-state index in [-0.39, 0.29) is 5.75 Å². The lowest BCUT2D eigenvalue weighted by molar-refractivity contribution is 0.113. The van der Waals surface area contributed by atoms with Crippen molar-refractivity contribution < 1.29 is 9.63 Å². The van der Waals surface area contributed by atoms with E-state index in [9.17, 15) is 5.11 Å². The monoisotopic (exact) mass is 288 g/mol. The zero-order chi connectivity index (χ0) is 14.8. The quantitative estimate of drug-likeness (QED) is 0.916. The largest absolute Gasteiger partial charge is 0.507 e. The Hall–Kier alpha value is -1.92. The van der Waals surface area contributed by atoms with Gasteiger partial charge in [-0.1, -0.05) is 17.3 Å². The smallest absolute Gasteiger partial charge is 0.261 e. The standard InChI is InChI=1S/C15H20N4O2/c1-18-7-8-19(2)11(10-18)9-14-16-15(21-17-14)12-5-3-4-6-13(12)20/h3-6,11,20H,7-10H2,1-2H3. The number of phenolic OH excluding ortho intramolecular Hbond substituents is 1.